The molecule has 134 valence electrons. The van der Waals surface area contributed by atoms with E-state index in [0.717, 1.165) is 38.1 Å². The second-order valence-corrected chi connectivity index (χ2v) is 7.00. The van der Waals surface area contributed by atoms with Gasteiger partial charge in [0, 0.05) is 18.6 Å². The molecule has 0 aliphatic carbocycles. The van der Waals surface area contributed by atoms with Gasteiger partial charge >= 0.3 is 0 Å². The van der Waals surface area contributed by atoms with Gasteiger partial charge in [0.25, 0.3) is 0 Å². The molecule has 0 spiro atoms. The lowest BCUT2D eigenvalue weighted by Crippen LogP contribution is -2.42. The van der Waals surface area contributed by atoms with Crippen LogP contribution >= 0.6 is 12.4 Å². The molecule has 3 rings (SSSR count). The summed E-state index contributed by atoms with van der Waals surface area (Å²) >= 11 is 0. The number of carbonyl (C=O) groups is 1. The highest BCUT2D eigenvalue weighted by molar-refractivity contribution is 5.85. The van der Waals surface area contributed by atoms with Crippen molar-refractivity contribution in [2.75, 3.05) is 19.7 Å². The number of rotatable bonds is 5. The van der Waals surface area contributed by atoms with E-state index in [0.29, 0.717) is 31.0 Å². The molecule has 2 aliphatic heterocycles. The standard InChI is InChI=1S/C19H28N2O2.ClH/c1-14(2)15-3-7-18(8-4-15)23-12-10-19(22)21-16-5-6-17(21)13-20-11-9-16;/h3-4,7-8,14,16-17,20H,5-6,9-13H2,1-2H3;1H. The molecular weight excluding hydrogens is 324 g/mol. The molecule has 0 aromatic heterocycles. The van der Waals surface area contributed by atoms with Crippen molar-refractivity contribution < 1.29 is 9.53 Å². The maximum Gasteiger partial charge on any atom is 0.226 e. The highest BCUT2D eigenvalue weighted by Crippen LogP contribution is 2.28. The summed E-state index contributed by atoms with van der Waals surface area (Å²) in [4.78, 5) is 14.7. The van der Waals surface area contributed by atoms with Crippen molar-refractivity contribution in [2.45, 2.75) is 57.5 Å². The number of ether oxygens (including phenoxy) is 1. The van der Waals surface area contributed by atoms with Crippen LogP contribution in [0.5, 0.6) is 5.75 Å². The Morgan fingerprint density at radius 2 is 1.92 bits per heavy atom. The Morgan fingerprint density at radius 1 is 1.21 bits per heavy atom. The highest BCUT2D eigenvalue weighted by atomic mass is 35.5. The first-order valence-electron chi connectivity index (χ1n) is 8.90. The van der Waals surface area contributed by atoms with Gasteiger partial charge in [-0.25, -0.2) is 0 Å². The molecule has 1 aromatic carbocycles. The van der Waals surface area contributed by atoms with Gasteiger partial charge in [-0.3, -0.25) is 4.79 Å². The number of halogens is 1. The average Bonchev–Trinajstić information content (AvgIpc) is 2.80. The molecule has 2 unspecified atom stereocenters. The van der Waals surface area contributed by atoms with Gasteiger partial charge in [-0.2, -0.15) is 0 Å². The number of fused-ring (bicyclic) bond motifs is 2. The van der Waals surface area contributed by atoms with Crippen molar-refractivity contribution in [1.29, 1.82) is 0 Å². The number of nitrogens with zero attached hydrogens (tertiary/aromatic N) is 1. The van der Waals surface area contributed by atoms with Gasteiger partial charge in [0.1, 0.15) is 5.75 Å². The zero-order valence-corrected chi connectivity index (χ0v) is 15.5. The van der Waals surface area contributed by atoms with Gasteiger partial charge in [0.05, 0.1) is 13.0 Å². The molecule has 0 radical (unpaired) electrons. The Morgan fingerprint density at radius 3 is 2.62 bits per heavy atom. The van der Waals surface area contributed by atoms with Crippen molar-refractivity contribution in [1.82, 2.24) is 10.2 Å². The first-order chi connectivity index (χ1) is 11.1. The molecule has 24 heavy (non-hydrogen) atoms. The molecule has 4 nitrogen and oxygen atoms in total. The van der Waals surface area contributed by atoms with Crippen molar-refractivity contribution >= 4 is 18.3 Å². The fourth-order valence-electron chi connectivity index (χ4n) is 3.72. The fourth-order valence-corrected chi connectivity index (χ4v) is 3.72. The molecule has 2 aliphatic rings. The first-order valence-corrected chi connectivity index (χ1v) is 8.90. The van der Waals surface area contributed by atoms with Crippen molar-refractivity contribution in [3.63, 3.8) is 0 Å². The molecule has 2 bridgehead atoms. The molecule has 2 atom stereocenters. The van der Waals surface area contributed by atoms with Crippen LogP contribution < -0.4 is 10.1 Å². The molecule has 1 amide bonds. The van der Waals surface area contributed by atoms with Crippen LogP contribution in [0.2, 0.25) is 0 Å². The molecule has 5 heteroatoms. The molecule has 2 heterocycles. The van der Waals surface area contributed by atoms with E-state index in [1.54, 1.807) is 0 Å². The molecule has 2 saturated heterocycles. The second-order valence-electron chi connectivity index (χ2n) is 7.00. The molecule has 2 fully saturated rings. The summed E-state index contributed by atoms with van der Waals surface area (Å²) in [5.74, 6) is 1.63. The Labute approximate surface area is 151 Å². The van der Waals surface area contributed by atoms with E-state index in [1.165, 1.54) is 5.56 Å². The van der Waals surface area contributed by atoms with Crippen LogP contribution in [0.4, 0.5) is 0 Å². The normalized spacial score (nSPS) is 22.9. The fraction of sp³-hybridized carbons (Fsp3) is 0.632. The number of hydrogen-bond donors (Lipinski definition) is 1. The predicted molar refractivity (Wildman–Crippen MR) is 99.0 cm³/mol. The largest absolute Gasteiger partial charge is 0.493 e. The predicted octanol–water partition coefficient (Wildman–Crippen LogP) is 3.35. The summed E-state index contributed by atoms with van der Waals surface area (Å²) in [7, 11) is 0. The van der Waals surface area contributed by atoms with Crippen LogP contribution in [0.15, 0.2) is 24.3 Å². The maximum absolute atomic E-state index is 12.6. The summed E-state index contributed by atoms with van der Waals surface area (Å²) in [6, 6.07) is 9.03. The van der Waals surface area contributed by atoms with Gasteiger partial charge in [0.15, 0.2) is 0 Å². The third kappa shape index (κ3) is 4.42. The van der Waals surface area contributed by atoms with E-state index >= 15 is 0 Å². The molecular formula is C19H29ClN2O2. The van der Waals surface area contributed by atoms with E-state index in [2.05, 4.69) is 36.2 Å². The summed E-state index contributed by atoms with van der Waals surface area (Å²) in [5, 5.41) is 3.43. The zero-order chi connectivity index (χ0) is 16.2. The number of amides is 1. The van der Waals surface area contributed by atoms with Gasteiger partial charge in [0.2, 0.25) is 5.91 Å². The Kier molecular flexibility index (Phi) is 6.93. The van der Waals surface area contributed by atoms with E-state index in [1.807, 2.05) is 12.1 Å². The maximum atomic E-state index is 12.6. The van der Waals surface area contributed by atoms with Crippen LogP contribution in [-0.4, -0.2) is 42.6 Å². The van der Waals surface area contributed by atoms with E-state index < -0.39 is 0 Å². The van der Waals surface area contributed by atoms with Crippen LogP contribution in [-0.2, 0) is 4.79 Å². The van der Waals surface area contributed by atoms with E-state index in [4.69, 9.17) is 4.74 Å². The Bertz CT molecular complexity index is 519. The van der Waals surface area contributed by atoms with Gasteiger partial charge in [-0.1, -0.05) is 26.0 Å². The van der Waals surface area contributed by atoms with Crippen LogP contribution in [0.3, 0.4) is 0 Å². The number of carbonyl (C=O) groups excluding carboxylic acids is 1. The lowest BCUT2D eigenvalue weighted by Gasteiger charge is -2.28. The molecule has 0 saturated carbocycles. The van der Waals surface area contributed by atoms with Crippen LogP contribution in [0.1, 0.15) is 51.0 Å². The number of nitrogens with one attached hydrogen (secondary N) is 1. The quantitative estimate of drug-likeness (QED) is 0.883. The topological polar surface area (TPSA) is 41.6 Å². The third-order valence-electron chi connectivity index (χ3n) is 5.07. The summed E-state index contributed by atoms with van der Waals surface area (Å²) in [5.41, 5.74) is 1.31. The van der Waals surface area contributed by atoms with E-state index in [9.17, 15) is 4.79 Å². The van der Waals surface area contributed by atoms with E-state index in [-0.39, 0.29) is 18.3 Å². The lowest BCUT2D eigenvalue weighted by molar-refractivity contribution is -0.134. The minimum absolute atomic E-state index is 0. The van der Waals surface area contributed by atoms with Crippen LogP contribution in [0.25, 0.3) is 0 Å². The third-order valence-corrected chi connectivity index (χ3v) is 5.07. The van der Waals surface area contributed by atoms with Crippen molar-refractivity contribution in [3.05, 3.63) is 29.8 Å². The summed E-state index contributed by atoms with van der Waals surface area (Å²) in [6.07, 6.45) is 3.86. The highest BCUT2D eigenvalue weighted by Gasteiger charge is 2.37. The number of hydrogen-bond acceptors (Lipinski definition) is 3. The van der Waals surface area contributed by atoms with Gasteiger partial charge in [-0.15, -0.1) is 12.4 Å². The Hall–Kier alpha value is -1.26. The number of benzene rings is 1. The van der Waals surface area contributed by atoms with Crippen molar-refractivity contribution in [2.24, 2.45) is 0 Å². The van der Waals surface area contributed by atoms with Crippen molar-refractivity contribution in [3.8, 4) is 5.75 Å². The zero-order valence-electron chi connectivity index (χ0n) is 14.7. The monoisotopic (exact) mass is 352 g/mol. The first kappa shape index (κ1) is 19.1. The van der Waals surface area contributed by atoms with Gasteiger partial charge in [-0.05, 0) is 49.4 Å². The van der Waals surface area contributed by atoms with Crippen LogP contribution in [0, 0.1) is 0 Å². The minimum atomic E-state index is 0. The minimum Gasteiger partial charge on any atom is -0.493 e. The smallest absolute Gasteiger partial charge is 0.226 e. The Balaban J connectivity index is 0.00000208. The second kappa shape index (κ2) is 8.72. The molecule has 1 N–H and O–H groups in total. The SMILES string of the molecule is CC(C)c1ccc(OCCC(=O)N2C3CCNCC2CC3)cc1.Cl. The van der Waals surface area contributed by atoms with Gasteiger partial charge < -0.3 is 15.0 Å². The summed E-state index contributed by atoms with van der Waals surface area (Å²) in [6.45, 7) is 6.80. The lowest BCUT2D eigenvalue weighted by atomic mass is 10.0. The summed E-state index contributed by atoms with van der Waals surface area (Å²) < 4.78 is 5.76. The molecule has 1 aromatic rings. The average molecular weight is 353 g/mol.